The number of pyridine rings is 1. The SMILES string of the molecule is CCCCCOc1ccc(/C=N\n2c(-c3ccncc3)n[nH]c2=S)cc1. The first-order valence-corrected chi connectivity index (χ1v) is 9.04. The average Bonchev–Trinajstić information content (AvgIpc) is 3.06. The second kappa shape index (κ2) is 9.05. The Morgan fingerprint density at radius 3 is 2.65 bits per heavy atom. The van der Waals surface area contributed by atoms with E-state index < -0.39 is 0 Å². The highest BCUT2D eigenvalue weighted by Gasteiger charge is 2.07. The Labute approximate surface area is 157 Å². The maximum absolute atomic E-state index is 5.72. The van der Waals surface area contributed by atoms with E-state index in [4.69, 9.17) is 17.0 Å². The first-order valence-electron chi connectivity index (χ1n) is 8.63. The van der Waals surface area contributed by atoms with E-state index in [2.05, 4.69) is 27.2 Å². The lowest BCUT2D eigenvalue weighted by atomic mass is 10.2. The molecule has 1 N–H and O–H groups in total. The van der Waals surface area contributed by atoms with Gasteiger partial charge in [0.2, 0.25) is 4.77 Å². The molecule has 0 saturated heterocycles. The van der Waals surface area contributed by atoms with Gasteiger partial charge >= 0.3 is 0 Å². The molecule has 3 aromatic rings. The van der Waals surface area contributed by atoms with Crippen molar-refractivity contribution < 1.29 is 4.74 Å². The molecule has 0 radical (unpaired) electrons. The van der Waals surface area contributed by atoms with E-state index >= 15 is 0 Å². The number of ether oxygens (including phenoxy) is 1. The summed E-state index contributed by atoms with van der Waals surface area (Å²) in [5.41, 5.74) is 1.84. The van der Waals surface area contributed by atoms with Gasteiger partial charge in [0.15, 0.2) is 5.82 Å². The van der Waals surface area contributed by atoms with Crippen molar-refractivity contribution in [3.63, 3.8) is 0 Å². The summed E-state index contributed by atoms with van der Waals surface area (Å²) in [7, 11) is 0. The normalized spacial score (nSPS) is 11.1. The highest BCUT2D eigenvalue weighted by Crippen LogP contribution is 2.16. The summed E-state index contributed by atoms with van der Waals surface area (Å²) in [5.74, 6) is 1.51. The summed E-state index contributed by atoms with van der Waals surface area (Å²) in [6, 6.07) is 11.6. The third kappa shape index (κ3) is 4.64. The van der Waals surface area contributed by atoms with Crippen molar-refractivity contribution in [2.24, 2.45) is 5.10 Å². The fourth-order valence-electron chi connectivity index (χ4n) is 2.40. The van der Waals surface area contributed by atoms with E-state index in [-0.39, 0.29) is 0 Å². The Balaban J connectivity index is 1.71. The van der Waals surface area contributed by atoms with Crippen LogP contribution in [0.25, 0.3) is 11.4 Å². The summed E-state index contributed by atoms with van der Waals surface area (Å²) >= 11 is 5.27. The lowest BCUT2D eigenvalue weighted by Gasteiger charge is -2.05. The van der Waals surface area contributed by atoms with Crippen LogP contribution in [0.3, 0.4) is 0 Å². The van der Waals surface area contributed by atoms with Gasteiger partial charge in [0.25, 0.3) is 0 Å². The second-order valence-corrected chi connectivity index (χ2v) is 6.16. The van der Waals surface area contributed by atoms with Gasteiger partial charge in [0.1, 0.15) is 5.75 Å². The van der Waals surface area contributed by atoms with E-state index in [0.717, 1.165) is 29.9 Å². The standard InChI is InChI=1S/C19H21N5OS/c1-2-3-4-13-25-17-7-5-15(6-8-17)14-21-24-18(22-23-19(24)26)16-9-11-20-12-10-16/h5-12,14H,2-4,13H2,1H3,(H,23,26)/b21-14-. The zero-order valence-corrected chi connectivity index (χ0v) is 15.4. The minimum atomic E-state index is 0.434. The van der Waals surface area contributed by atoms with E-state index in [1.807, 2.05) is 36.4 Å². The Kier molecular flexibility index (Phi) is 6.27. The fraction of sp³-hybridized carbons (Fsp3) is 0.263. The molecule has 0 fully saturated rings. The molecule has 0 unspecified atom stereocenters. The van der Waals surface area contributed by atoms with Crippen LogP contribution in [0.15, 0.2) is 53.9 Å². The van der Waals surface area contributed by atoms with E-state index in [0.29, 0.717) is 10.6 Å². The van der Waals surface area contributed by atoms with Crippen LogP contribution in [-0.2, 0) is 0 Å². The van der Waals surface area contributed by atoms with E-state index in [9.17, 15) is 0 Å². The highest BCUT2D eigenvalue weighted by atomic mass is 32.1. The van der Waals surface area contributed by atoms with Crippen molar-refractivity contribution in [2.45, 2.75) is 26.2 Å². The first-order chi connectivity index (χ1) is 12.8. The maximum atomic E-state index is 5.72. The minimum Gasteiger partial charge on any atom is -0.494 e. The predicted molar refractivity (Wildman–Crippen MR) is 105 cm³/mol. The fourth-order valence-corrected chi connectivity index (χ4v) is 2.58. The monoisotopic (exact) mass is 367 g/mol. The molecule has 134 valence electrons. The molecule has 2 heterocycles. The van der Waals surface area contributed by atoms with Crippen LogP contribution >= 0.6 is 12.2 Å². The zero-order valence-electron chi connectivity index (χ0n) is 14.6. The molecular weight excluding hydrogens is 346 g/mol. The Morgan fingerprint density at radius 2 is 1.92 bits per heavy atom. The molecular formula is C19H21N5OS. The first kappa shape index (κ1) is 18.0. The minimum absolute atomic E-state index is 0.434. The largest absolute Gasteiger partial charge is 0.494 e. The van der Waals surface area contributed by atoms with Crippen molar-refractivity contribution in [3.8, 4) is 17.1 Å². The Bertz CT molecular complexity index is 900. The molecule has 1 aromatic carbocycles. The summed E-state index contributed by atoms with van der Waals surface area (Å²) in [6.07, 6.45) is 8.63. The van der Waals surface area contributed by atoms with Crippen molar-refractivity contribution in [1.82, 2.24) is 19.9 Å². The van der Waals surface area contributed by atoms with Gasteiger partial charge in [-0.15, -0.1) is 0 Å². The van der Waals surface area contributed by atoms with Crippen LogP contribution < -0.4 is 4.74 Å². The molecule has 0 atom stereocenters. The lowest BCUT2D eigenvalue weighted by Crippen LogP contribution is -1.97. The van der Waals surface area contributed by atoms with Gasteiger partial charge in [-0.2, -0.15) is 14.9 Å². The second-order valence-electron chi connectivity index (χ2n) is 5.77. The van der Waals surface area contributed by atoms with Gasteiger partial charge in [-0.1, -0.05) is 19.8 Å². The summed E-state index contributed by atoms with van der Waals surface area (Å²) in [5, 5.41) is 11.5. The molecule has 0 spiro atoms. The van der Waals surface area contributed by atoms with Crippen molar-refractivity contribution >= 4 is 18.4 Å². The number of hydrogen-bond donors (Lipinski definition) is 1. The van der Waals surface area contributed by atoms with Crippen molar-refractivity contribution in [3.05, 3.63) is 59.1 Å². The number of hydrogen-bond acceptors (Lipinski definition) is 5. The topological polar surface area (TPSA) is 68.1 Å². The number of nitrogens with one attached hydrogen (secondary N) is 1. The lowest BCUT2D eigenvalue weighted by molar-refractivity contribution is 0.306. The Hall–Kier alpha value is -2.80. The Morgan fingerprint density at radius 1 is 1.15 bits per heavy atom. The molecule has 0 aliphatic rings. The number of H-pyrrole nitrogens is 1. The van der Waals surface area contributed by atoms with Gasteiger partial charge in [0, 0.05) is 18.0 Å². The van der Waals surface area contributed by atoms with Crippen LogP contribution in [0, 0.1) is 4.77 Å². The average molecular weight is 367 g/mol. The molecule has 2 aromatic heterocycles. The summed E-state index contributed by atoms with van der Waals surface area (Å²) < 4.78 is 7.75. The third-order valence-electron chi connectivity index (χ3n) is 3.81. The van der Waals surface area contributed by atoms with Crippen LogP contribution in [0.4, 0.5) is 0 Å². The molecule has 7 heteroatoms. The van der Waals surface area contributed by atoms with Crippen molar-refractivity contribution in [1.29, 1.82) is 0 Å². The molecule has 0 amide bonds. The number of aromatic amines is 1. The van der Waals surface area contributed by atoms with Gasteiger partial charge in [-0.05, 0) is 60.6 Å². The van der Waals surface area contributed by atoms with Gasteiger partial charge in [-0.25, -0.2) is 5.10 Å². The van der Waals surface area contributed by atoms with Crippen LogP contribution in [0.1, 0.15) is 31.7 Å². The summed E-state index contributed by atoms with van der Waals surface area (Å²) in [4.78, 5) is 4.02. The molecule has 26 heavy (non-hydrogen) atoms. The van der Waals surface area contributed by atoms with Gasteiger partial charge in [-0.3, -0.25) is 4.98 Å². The molecule has 0 saturated carbocycles. The summed E-state index contributed by atoms with van der Waals surface area (Å²) in [6.45, 7) is 2.93. The number of rotatable bonds is 8. The van der Waals surface area contributed by atoms with Crippen LogP contribution in [0.5, 0.6) is 5.75 Å². The highest BCUT2D eigenvalue weighted by molar-refractivity contribution is 7.71. The third-order valence-corrected chi connectivity index (χ3v) is 4.07. The van der Waals surface area contributed by atoms with Gasteiger partial charge in [0.05, 0.1) is 12.8 Å². The number of unbranched alkanes of at least 4 members (excludes halogenated alkanes) is 2. The molecule has 6 nitrogen and oxygen atoms in total. The number of aromatic nitrogens is 4. The number of nitrogens with zero attached hydrogens (tertiary/aromatic N) is 4. The van der Waals surface area contributed by atoms with Gasteiger partial charge < -0.3 is 4.74 Å². The smallest absolute Gasteiger partial charge is 0.216 e. The van der Waals surface area contributed by atoms with Crippen molar-refractivity contribution in [2.75, 3.05) is 6.61 Å². The van der Waals surface area contributed by atoms with E-state index in [1.54, 1.807) is 23.3 Å². The van der Waals surface area contributed by atoms with Crippen LogP contribution in [-0.4, -0.2) is 32.7 Å². The van der Waals surface area contributed by atoms with E-state index in [1.165, 1.54) is 12.8 Å². The molecule has 0 aliphatic heterocycles. The molecule has 0 aliphatic carbocycles. The quantitative estimate of drug-likeness (QED) is 0.363. The maximum Gasteiger partial charge on any atom is 0.216 e. The predicted octanol–water partition coefficient (Wildman–Crippen LogP) is 4.45. The molecule has 0 bridgehead atoms. The van der Waals surface area contributed by atoms with Crippen LogP contribution in [0.2, 0.25) is 0 Å². The zero-order chi connectivity index (χ0) is 18.2. The number of benzene rings is 1. The molecule has 3 rings (SSSR count).